The quantitative estimate of drug-likeness (QED) is 0.0926. The van der Waals surface area contributed by atoms with E-state index in [2.05, 4.69) is 4.85 Å². The van der Waals surface area contributed by atoms with Gasteiger partial charge in [0.1, 0.15) is 0 Å². The van der Waals surface area contributed by atoms with Crippen molar-refractivity contribution in [3.05, 3.63) is 41.2 Å². The van der Waals surface area contributed by atoms with Crippen molar-refractivity contribution in [3.8, 4) is 0 Å². The fourth-order valence-electron chi connectivity index (χ4n) is 4.78. The summed E-state index contributed by atoms with van der Waals surface area (Å²) in [4.78, 5) is 26.3. The summed E-state index contributed by atoms with van der Waals surface area (Å²) in [5, 5.41) is 9.32. The molecule has 0 fully saturated rings. The lowest BCUT2D eigenvalue weighted by atomic mass is 9.86. The Kier molecular flexibility index (Phi) is 14.6. The number of hydrogen-bond acceptors (Lipinski definition) is 5. The number of aryl methyl sites for hydroxylation is 1. The molecule has 0 radical (unpaired) electrons. The Morgan fingerprint density at radius 1 is 0.854 bits per heavy atom. The second kappa shape index (κ2) is 16.3. The van der Waals surface area contributed by atoms with Gasteiger partial charge in [0.15, 0.2) is 0 Å². The average Bonchev–Trinajstić information content (AvgIpc) is 2.91. The third-order valence-corrected chi connectivity index (χ3v) is 10.7. The summed E-state index contributed by atoms with van der Waals surface area (Å²) in [6, 6.07) is 6.72. The number of carbonyl (C=O) groups is 2. The van der Waals surface area contributed by atoms with Gasteiger partial charge in [0.25, 0.3) is 9.84 Å². The van der Waals surface area contributed by atoms with E-state index in [0.717, 1.165) is 50.5 Å². The SMILES string of the molecule is [C-]#[N+]C(CCCCCCC(C)(C)C(=O)O)(CCCCCCC(C)(C)C(=O)OC(C)CC)S(=O)(=O)c1ccc(C)cc1. The Balaban J connectivity index is 2.82. The highest BCUT2D eigenvalue weighted by Crippen LogP contribution is 2.38. The Labute approximate surface area is 249 Å². The molecule has 0 aromatic heterocycles. The molecule has 41 heavy (non-hydrogen) atoms. The molecule has 1 aromatic carbocycles. The van der Waals surface area contributed by atoms with Gasteiger partial charge in [-0.2, -0.15) is 0 Å². The first kappa shape index (κ1) is 36.6. The van der Waals surface area contributed by atoms with E-state index in [1.54, 1.807) is 38.1 Å². The molecule has 232 valence electrons. The summed E-state index contributed by atoms with van der Waals surface area (Å²) in [5.74, 6) is -1.00. The molecule has 0 aliphatic heterocycles. The summed E-state index contributed by atoms with van der Waals surface area (Å²) in [6.45, 7) is 21.1. The third-order valence-electron chi connectivity index (χ3n) is 8.29. The van der Waals surface area contributed by atoms with Crippen LogP contribution in [0.15, 0.2) is 29.2 Å². The largest absolute Gasteiger partial charge is 0.481 e. The maximum atomic E-state index is 13.8. The van der Waals surface area contributed by atoms with Crippen LogP contribution in [0.3, 0.4) is 0 Å². The molecule has 1 N–H and O–H groups in total. The van der Waals surface area contributed by atoms with E-state index < -0.39 is 31.5 Å². The van der Waals surface area contributed by atoms with Crippen LogP contribution in [0.2, 0.25) is 0 Å². The molecule has 7 nitrogen and oxygen atoms in total. The van der Waals surface area contributed by atoms with Crippen LogP contribution in [-0.2, 0) is 24.2 Å². The van der Waals surface area contributed by atoms with Gasteiger partial charge in [-0.15, -0.1) is 0 Å². The maximum Gasteiger partial charge on any atom is 0.333 e. The molecule has 0 saturated carbocycles. The molecule has 0 aliphatic rings. The topological polar surface area (TPSA) is 102 Å². The molecule has 1 rings (SSSR count). The van der Waals surface area contributed by atoms with Gasteiger partial charge in [-0.05, 0) is 85.8 Å². The summed E-state index contributed by atoms with van der Waals surface area (Å²) >= 11 is 0. The fourth-order valence-corrected chi connectivity index (χ4v) is 6.66. The molecule has 1 aromatic rings. The minimum Gasteiger partial charge on any atom is -0.481 e. The zero-order valence-corrected chi connectivity index (χ0v) is 27.2. The van der Waals surface area contributed by atoms with Crippen molar-refractivity contribution in [1.82, 2.24) is 0 Å². The second-order valence-corrected chi connectivity index (χ2v) is 15.1. The number of unbranched alkanes of at least 4 members (excludes halogenated alkanes) is 6. The van der Waals surface area contributed by atoms with Crippen LogP contribution in [0.25, 0.3) is 4.85 Å². The van der Waals surface area contributed by atoms with Gasteiger partial charge >= 0.3 is 16.8 Å². The third kappa shape index (κ3) is 11.1. The molecule has 2 atom stereocenters. The first-order chi connectivity index (χ1) is 19.0. The summed E-state index contributed by atoms with van der Waals surface area (Å²) in [6.07, 6.45) is 8.38. The molecular weight excluding hydrogens is 538 g/mol. The summed E-state index contributed by atoms with van der Waals surface area (Å²) in [7, 11) is -3.89. The molecule has 8 heteroatoms. The van der Waals surface area contributed by atoms with Gasteiger partial charge < -0.3 is 9.84 Å². The van der Waals surface area contributed by atoms with Gasteiger partial charge in [0, 0.05) is 12.8 Å². The van der Waals surface area contributed by atoms with Crippen LogP contribution in [0.4, 0.5) is 0 Å². The first-order valence-corrected chi connectivity index (χ1v) is 16.7. The van der Waals surface area contributed by atoms with E-state index in [1.807, 2.05) is 34.6 Å². The van der Waals surface area contributed by atoms with E-state index in [1.165, 1.54) is 0 Å². The van der Waals surface area contributed by atoms with Crippen molar-refractivity contribution in [2.75, 3.05) is 0 Å². The number of nitrogens with zero attached hydrogens (tertiary/aromatic N) is 1. The molecule has 0 saturated heterocycles. The van der Waals surface area contributed by atoms with Crippen LogP contribution in [-0.4, -0.2) is 36.4 Å². The lowest BCUT2D eigenvalue weighted by Crippen LogP contribution is -2.35. The molecule has 0 amide bonds. The predicted molar refractivity (Wildman–Crippen MR) is 164 cm³/mol. The zero-order valence-electron chi connectivity index (χ0n) is 26.4. The number of esters is 1. The van der Waals surface area contributed by atoms with E-state index in [-0.39, 0.29) is 29.8 Å². The van der Waals surface area contributed by atoms with Crippen molar-refractivity contribution in [3.63, 3.8) is 0 Å². The van der Waals surface area contributed by atoms with Gasteiger partial charge in [-0.25, -0.2) is 15.0 Å². The number of carboxylic acids is 1. The Bertz CT molecular complexity index is 1120. The minimum absolute atomic E-state index is 0.101. The molecule has 2 unspecified atom stereocenters. The predicted octanol–water partition coefficient (Wildman–Crippen LogP) is 8.54. The number of hydrogen-bond donors (Lipinski definition) is 1. The normalized spacial score (nSPS) is 14.6. The molecule has 0 bridgehead atoms. The van der Waals surface area contributed by atoms with Crippen molar-refractivity contribution >= 4 is 21.8 Å². The van der Waals surface area contributed by atoms with Crippen molar-refractivity contribution < 1.29 is 27.9 Å². The van der Waals surface area contributed by atoms with Gasteiger partial charge in [-0.3, -0.25) is 14.4 Å². The first-order valence-electron chi connectivity index (χ1n) is 15.2. The number of carboxylic acid groups (broad SMARTS) is 1. The number of rotatable bonds is 20. The van der Waals surface area contributed by atoms with Crippen molar-refractivity contribution in [2.24, 2.45) is 10.8 Å². The number of aliphatic carboxylic acids is 1. The summed E-state index contributed by atoms with van der Waals surface area (Å²) < 4.78 is 33.2. The Morgan fingerprint density at radius 2 is 1.29 bits per heavy atom. The fraction of sp³-hybridized carbons (Fsp3) is 0.727. The lowest BCUT2D eigenvalue weighted by molar-refractivity contribution is -0.159. The van der Waals surface area contributed by atoms with E-state index >= 15 is 0 Å². The number of ether oxygens (including phenoxy) is 1. The highest BCUT2D eigenvalue weighted by atomic mass is 32.2. The van der Waals surface area contributed by atoms with Crippen LogP contribution >= 0.6 is 0 Å². The number of sulfone groups is 1. The van der Waals surface area contributed by atoms with Gasteiger partial charge in [0.05, 0.1) is 21.8 Å². The molecular formula is C33H53NO6S. The highest BCUT2D eigenvalue weighted by Gasteiger charge is 2.50. The monoisotopic (exact) mass is 591 g/mol. The molecule has 0 spiro atoms. The van der Waals surface area contributed by atoms with Gasteiger partial charge in [-0.1, -0.05) is 63.1 Å². The van der Waals surface area contributed by atoms with E-state index in [4.69, 9.17) is 11.3 Å². The minimum atomic E-state index is -3.89. The van der Waals surface area contributed by atoms with E-state index in [9.17, 15) is 23.1 Å². The van der Waals surface area contributed by atoms with Crippen LogP contribution in [0.1, 0.15) is 131 Å². The number of benzene rings is 1. The van der Waals surface area contributed by atoms with E-state index in [0.29, 0.717) is 25.7 Å². The Morgan fingerprint density at radius 3 is 1.71 bits per heavy atom. The molecule has 0 aliphatic carbocycles. The smallest absolute Gasteiger partial charge is 0.333 e. The standard InChI is InChI=1S/C33H53NO6S/c1-9-27(3)40-30(37)32(6,7)23-15-11-13-17-25-33(34-8,41(38,39)28-20-18-26(2)19-21-28)24-16-12-10-14-22-31(4,5)29(35)36/h18-21,27H,9-17,22-25H2,1-7H3,(H,35,36). The van der Waals surface area contributed by atoms with Crippen LogP contribution < -0.4 is 0 Å². The Hall–Kier alpha value is -2.40. The zero-order chi connectivity index (χ0) is 31.3. The highest BCUT2D eigenvalue weighted by molar-refractivity contribution is 7.93. The van der Waals surface area contributed by atoms with Crippen LogP contribution in [0, 0.1) is 24.3 Å². The molecule has 0 heterocycles. The van der Waals surface area contributed by atoms with Crippen molar-refractivity contribution in [2.45, 2.75) is 148 Å². The summed E-state index contributed by atoms with van der Waals surface area (Å²) in [5.41, 5.74) is -0.394. The average molecular weight is 592 g/mol. The van der Waals surface area contributed by atoms with Gasteiger partial charge in [0.2, 0.25) is 0 Å². The second-order valence-electron chi connectivity index (χ2n) is 12.9. The van der Waals surface area contributed by atoms with Crippen LogP contribution in [0.5, 0.6) is 0 Å². The maximum absolute atomic E-state index is 13.8. The van der Waals surface area contributed by atoms with Crippen molar-refractivity contribution in [1.29, 1.82) is 0 Å². The number of carbonyl (C=O) groups excluding carboxylic acids is 1. The lowest BCUT2D eigenvalue weighted by Gasteiger charge is -2.25.